The fourth-order valence-corrected chi connectivity index (χ4v) is 2.53. The smallest absolute Gasteiger partial charge is 0.489 e. The van der Waals surface area contributed by atoms with Crippen molar-refractivity contribution in [2.24, 2.45) is 0 Å². The molecule has 3 nitrogen and oxygen atoms in total. The van der Waals surface area contributed by atoms with Crippen LogP contribution in [0.5, 0.6) is 5.06 Å². The second-order valence-electron chi connectivity index (χ2n) is 2.84. The molecular formula is C8H6BClO3S. The summed E-state index contributed by atoms with van der Waals surface area (Å²) >= 11 is 6.95. The van der Waals surface area contributed by atoms with Crippen molar-refractivity contribution in [2.45, 2.75) is 0 Å². The minimum Gasteiger partial charge on any atom is -0.499 e. The zero-order valence-electron chi connectivity index (χ0n) is 6.94. The molecule has 1 heterocycles. The van der Waals surface area contributed by atoms with E-state index in [0.717, 1.165) is 11.3 Å². The van der Waals surface area contributed by atoms with Crippen LogP contribution in [0.1, 0.15) is 0 Å². The van der Waals surface area contributed by atoms with Gasteiger partial charge in [-0.3, -0.25) is 0 Å². The first-order valence-corrected chi connectivity index (χ1v) is 5.06. The lowest BCUT2D eigenvalue weighted by Crippen LogP contribution is -2.29. The van der Waals surface area contributed by atoms with Crippen LogP contribution in [0.4, 0.5) is 0 Å². The number of hydrogen-bond acceptors (Lipinski definition) is 4. The molecule has 0 aliphatic heterocycles. The molecule has 0 bridgehead atoms. The summed E-state index contributed by atoms with van der Waals surface area (Å²) in [6.45, 7) is 0. The van der Waals surface area contributed by atoms with E-state index in [2.05, 4.69) is 0 Å². The van der Waals surface area contributed by atoms with Crippen molar-refractivity contribution < 1.29 is 15.2 Å². The third kappa shape index (κ3) is 1.48. The Balaban J connectivity index is 2.81. The lowest BCUT2D eigenvalue weighted by Gasteiger charge is -2.01. The Hall–Kier alpha value is -0.745. The molecule has 6 heteroatoms. The van der Waals surface area contributed by atoms with E-state index in [1.54, 1.807) is 6.07 Å². The van der Waals surface area contributed by atoms with Gasteiger partial charge >= 0.3 is 7.12 Å². The Labute approximate surface area is 89.3 Å². The number of hydrogen-bond donors (Lipinski definition) is 3. The summed E-state index contributed by atoms with van der Waals surface area (Å²) in [6.07, 6.45) is 0. The van der Waals surface area contributed by atoms with E-state index in [-0.39, 0.29) is 5.06 Å². The average molecular weight is 228 g/mol. The van der Waals surface area contributed by atoms with Crippen LogP contribution < -0.4 is 5.46 Å². The Kier molecular flexibility index (Phi) is 2.40. The van der Waals surface area contributed by atoms with Crippen LogP contribution in [-0.4, -0.2) is 22.3 Å². The average Bonchev–Trinajstić information content (AvgIpc) is 2.47. The van der Waals surface area contributed by atoms with Gasteiger partial charge in [0.1, 0.15) is 0 Å². The van der Waals surface area contributed by atoms with Gasteiger partial charge in [0, 0.05) is 26.6 Å². The predicted molar refractivity (Wildman–Crippen MR) is 58.3 cm³/mol. The van der Waals surface area contributed by atoms with Crippen molar-refractivity contribution in [3.05, 3.63) is 23.2 Å². The van der Waals surface area contributed by atoms with E-state index in [0.29, 0.717) is 20.6 Å². The topological polar surface area (TPSA) is 60.7 Å². The summed E-state index contributed by atoms with van der Waals surface area (Å²) in [6, 6.07) is 4.62. The molecule has 0 unspecified atom stereocenters. The third-order valence-electron chi connectivity index (χ3n) is 1.93. The molecule has 0 spiro atoms. The monoisotopic (exact) mass is 228 g/mol. The largest absolute Gasteiger partial charge is 0.499 e. The molecule has 1 aromatic heterocycles. The van der Waals surface area contributed by atoms with Gasteiger partial charge in [0.25, 0.3) is 0 Å². The predicted octanol–water partition coefficient (Wildman–Crippen LogP) is 0.940. The van der Waals surface area contributed by atoms with Gasteiger partial charge < -0.3 is 15.2 Å². The molecule has 72 valence electrons. The maximum atomic E-state index is 9.28. The van der Waals surface area contributed by atoms with Gasteiger partial charge in [-0.15, -0.1) is 0 Å². The highest BCUT2D eigenvalue weighted by molar-refractivity contribution is 7.22. The van der Waals surface area contributed by atoms with Crippen molar-refractivity contribution in [3.63, 3.8) is 0 Å². The Morgan fingerprint density at radius 2 is 2.00 bits per heavy atom. The van der Waals surface area contributed by atoms with Crippen molar-refractivity contribution in [1.82, 2.24) is 0 Å². The van der Waals surface area contributed by atoms with Crippen LogP contribution in [0.15, 0.2) is 18.2 Å². The van der Waals surface area contributed by atoms with Crippen LogP contribution in [0, 0.1) is 0 Å². The molecule has 14 heavy (non-hydrogen) atoms. The second kappa shape index (κ2) is 3.44. The molecule has 2 rings (SSSR count). The minimum atomic E-state index is -1.55. The number of halogens is 1. The first-order chi connectivity index (χ1) is 6.59. The van der Waals surface area contributed by atoms with Crippen LogP contribution in [0.25, 0.3) is 10.1 Å². The molecule has 0 saturated carbocycles. The molecule has 3 N–H and O–H groups in total. The van der Waals surface area contributed by atoms with Gasteiger partial charge in [-0.2, -0.15) is 0 Å². The maximum Gasteiger partial charge on any atom is 0.489 e. The summed E-state index contributed by atoms with van der Waals surface area (Å²) in [5.74, 6) is 0. The van der Waals surface area contributed by atoms with E-state index in [1.807, 2.05) is 0 Å². The maximum absolute atomic E-state index is 9.28. The van der Waals surface area contributed by atoms with Gasteiger partial charge in [0.2, 0.25) is 0 Å². The third-order valence-corrected chi connectivity index (χ3v) is 3.24. The van der Waals surface area contributed by atoms with E-state index in [1.165, 1.54) is 12.1 Å². The number of fused-ring (bicyclic) bond motifs is 1. The summed E-state index contributed by atoms with van der Waals surface area (Å²) in [5, 5.41) is 28.6. The van der Waals surface area contributed by atoms with E-state index >= 15 is 0 Å². The first-order valence-electron chi connectivity index (χ1n) is 3.86. The highest BCUT2D eigenvalue weighted by Crippen LogP contribution is 2.33. The summed E-state index contributed by atoms with van der Waals surface area (Å²) in [5.41, 5.74) is 0.356. The molecule has 2 aromatic rings. The standard InChI is InChI=1S/C8H6BClO3S/c10-6-2-1-5(9(12)13)8-4(6)3-7(11)14-8/h1-3,11-13H. The van der Waals surface area contributed by atoms with Crippen molar-refractivity contribution >= 4 is 45.6 Å². The first kappa shape index (κ1) is 9.80. The lowest BCUT2D eigenvalue weighted by atomic mass is 9.80. The normalized spacial score (nSPS) is 10.8. The summed E-state index contributed by atoms with van der Waals surface area (Å²) in [7, 11) is -1.55. The van der Waals surface area contributed by atoms with Crippen molar-refractivity contribution in [2.75, 3.05) is 0 Å². The molecule has 0 radical (unpaired) electrons. The molecule has 0 fully saturated rings. The number of benzene rings is 1. The molecule has 0 amide bonds. The Bertz CT molecular complexity index is 483. The van der Waals surface area contributed by atoms with Gasteiger partial charge in [-0.1, -0.05) is 29.0 Å². The van der Waals surface area contributed by atoms with Crippen LogP contribution in [0.2, 0.25) is 5.02 Å². The fourth-order valence-electron chi connectivity index (χ4n) is 1.30. The molecular weight excluding hydrogens is 222 g/mol. The molecule has 0 saturated heterocycles. The Morgan fingerprint density at radius 3 is 2.64 bits per heavy atom. The van der Waals surface area contributed by atoms with Crippen LogP contribution >= 0.6 is 22.9 Å². The highest BCUT2D eigenvalue weighted by Gasteiger charge is 2.18. The fraction of sp³-hybridized carbons (Fsp3) is 0. The highest BCUT2D eigenvalue weighted by atomic mass is 35.5. The van der Waals surface area contributed by atoms with E-state index in [9.17, 15) is 5.11 Å². The number of rotatable bonds is 1. The summed E-state index contributed by atoms with van der Waals surface area (Å²) in [4.78, 5) is 0. The quantitative estimate of drug-likeness (QED) is 0.637. The molecule has 1 aromatic carbocycles. The number of thiophene rings is 1. The zero-order chi connectivity index (χ0) is 10.3. The molecule has 0 atom stereocenters. The van der Waals surface area contributed by atoms with Crippen LogP contribution in [0.3, 0.4) is 0 Å². The zero-order valence-corrected chi connectivity index (χ0v) is 8.51. The molecule has 0 aliphatic carbocycles. The van der Waals surface area contributed by atoms with Crippen molar-refractivity contribution in [1.29, 1.82) is 0 Å². The lowest BCUT2D eigenvalue weighted by molar-refractivity contribution is 0.426. The van der Waals surface area contributed by atoms with Gasteiger partial charge in [0.05, 0.1) is 0 Å². The van der Waals surface area contributed by atoms with Crippen molar-refractivity contribution in [3.8, 4) is 5.06 Å². The van der Waals surface area contributed by atoms with E-state index < -0.39 is 7.12 Å². The van der Waals surface area contributed by atoms with Gasteiger partial charge in [0.15, 0.2) is 5.06 Å². The Morgan fingerprint density at radius 1 is 1.29 bits per heavy atom. The van der Waals surface area contributed by atoms with Gasteiger partial charge in [-0.25, -0.2) is 0 Å². The number of aromatic hydroxyl groups is 1. The van der Waals surface area contributed by atoms with Gasteiger partial charge in [-0.05, 0) is 6.07 Å². The summed E-state index contributed by atoms with van der Waals surface area (Å²) < 4.78 is 0.602. The second-order valence-corrected chi connectivity index (χ2v) is 4.28. The molecule has 0 aliphatic rings. The minimum absolute atomic E-state index is 0.106. The van der Waals surface area contributed by atoms with Crippen LogP contribution in [-0.2, 0) is 0 Å². The SMILES string of the molecule is OB(O)c1ccc(Cl)c2cc(O)sc12. The van der Waals surface area contributed by atoms with E-state index in [4.69, 9.17) is 21.6 Å².